The molecule has 1 fully saturated rings. The number of carbonyl (C=O) groups excluding carboxylic acids is 1. The van der Waals surface area contributed by atoms with Gasteiger partial charge in [-0.2, -0.15) is 0 Å². The predicted octanol–water partition coefficient (Wildman–Crippen LogP) is 2.97. The van der Waals surface area contributed by atoms with Gasteiger partial charge in [0.1, 0.15) is 0 Å². The van der Waals surface area contributed by atoms with Crippen LogP contribution in [0.3, 0.4) is 0 Å². The summed E-state index contributed by atoms with van der Waals surface area (Å²) >= 11 is 11.7. The summed E-state index contributed by atoms with van der Waals surface area (Å²) in [5, 5.41) is 0.676. The van der Waals surface area contributed by atoms with Gasteiger partial charge in [0.2, 0.25) is 5.91 Å². The van der Waals surface area contributed by atoms with E-state index in [0.717, 1.165) is 25.1 Å². The van der Waals surface area contributed by atoms with Crippen molar-refractivity contribution in [2.45, 2.75) is 12.8 Å². The Morgan fingerprint density at radius 3 is 2.94 bits per heavy atom. The number of hydrogen-bond acceptors (Lipinski definition) is 1. The van der Waals surface area contributed by atoms with Crippen LogP contribution in [0.1, 0.15) is 12.0 Å². The van der Waals surface area contributed by atoms with Crippen LogP contribution in [0, 0.1) is 5.92 Å². The molecule has 1 aromatic rings. The van der Waals surface area contributed by atoms with Crippen LogP contribution in [0.15, 0.2) is 24.3 Å². The molecule has 0 bridgehead atoms. The van der Waals surface area contributed by atoms with Gasteiger partial charge >= 0.3 is 0 Å². The van der Waals surface area contributed by atoms with E-state index in [-0.39, 0.29) is 5.91 Å². The molecular formula is C13H15Cl2NO. The largest absolute Gasteiger partial charge is 0.342 e. The fraction of sp³-hybridized carbons (Fsp3) is 0.462. The molecule has 0 aromatic heterocycles. The third-order valence-corrected chi connectivity index (χ3v) is 3.77. The minimum absolute atomic E-state index is 0.167. The lowest BCUT2D eigenvalue weighted by molar-refractivity contribution is -0.129. The lowest BCUT2D eigenvalue weighted by atomic mass is 10.1. The number of benzene rings is 1. The van der Waals surface area contributed by atoms with Gasteiger partial charge in [0.05, 0.1) is 6.42 Å². The Morgan fingerprint density at radius 1 is 1.47 bits per heavy atom. The molecule has 1 atom stereocenters. The Hall–Kier alpha value is -0.730. The highest BCUT2D eigenvalue weighted by molar-refractivity contribution is 6.30. The normalized spacial score (nSPS) is 19.6. The number of rotatable bonds is 3. The molecule has 1 saturated heterocycles. The predicted molar refractivity (Wildman–Crippen MR) is 70.6 cm³/mol. The van der Waals surface area contributed by atoms with E-state index in [4.69, 9.17) is 23.2 Å². The number of nitrogens with zero attached hydrogens (tertiary/aromatic N) is 1. The molecule has 92 valence electrons. The number of hydrogen-bond donors (Lipinski definition) is 0. The minimum atomic E-state index is 0.167. The summed E-state index contributed by atoms with van der Waals surface area (Å²) in [5.41, 5.74) is 0.969. The van der Waals surface area contributed by atoms with Crippen LogP contribution >= 0.6 is 23.2 Å². The zero-order valence-corrected chi connectivity index (χ0v) is 11.0. The number of carbonyl (C=O) groups is 1. The van der Waals surface area contributed by atoms with Gasteiger partial charge in [0, 0.05) is 24.0 Å². The third kappa shape index (κ3) is 3.36. The van der Waals surface area contributed by atoms with Crippen molar-refractivity contribution in [1.82, 2.24) is 4.90 Å². The van der Waals surface area contributed by atoms with Crippen molar-refractivity contribution >= 4 is 29.1 Å². The molecule has 0 spiro atoms. The summed E-state index contributed by atoms with van der Waals surface area (Å²) in [6.07, 6.45) is 1.44. The Labute approximate surface area is 112 Å². The van der Waals surface area contributed by atoms with Crippen LogP contribution in [-0.4, -0.2) is 29.8 Å². The number of alkyl halides is 1. The van der Waals surface area contributed by atoms with Gasteiger partial charge in [-0.3, -0.25) is 4.79 Å². The number of likely N-dealkylation sites (tertiary alicyclic amines) is 1. The molecule has 1 aromatic carbocycles. The fourth-order valence-corrected chi connectivity index (χ4v) is 2.58. The van der Waals surface area contributed by atoms with Crippen LogP contribution in [0.2, 0.25) is 5.02 Å². The number of halogens is 2. The summed E-state index contributed by atoms with van der Waals surface area (Å²) < 4.78 is 0. The SMILES string of the molecule is O=C(Cc1cccc(Cl)c1)N1CCC(CCl)C1. The molecule has 1 heterocycles. The average molecular weight is 272 g/mol. The van der Waals surface area contributed by atoms with E-state index in [0.29, 0.717) is 23.2 Å². The molecule has 2 rings (SSSR count). The first-order valence-corrected chi connectivity index (χ1v) is 6.68. The quantitative estimate of drug-likeness (QED) is 0.775. The van der Waals surface area contributed by atoms with Crippen molar-refractivity contribution in [2.24, 2.45) is 5.92 Å². The van der Waals surface area contributed by atoms with Crippen molar-refractivity contribution in [1.29, 1.82) is 0 Å². The van der Waals surface area contributed by atoms with Gasteiger partial charge in [0.25, 0.3) is 0 Å². The second kappa shape index (κ2) is 5.74. The fourth-order valence-electron chi connectivity index (χ4n) is 2.12. The van der Waals surface area contributed by atoms with Gasteiger partial charge in [0.15, 0.2) is 0 Å². The van der Waals surface area contributed by atoms with E-state index in [1.807, 2.05) is 29.2 Å². The molecule has 0 radical (unpaired) electrons. The smallest absolute Gasteiger partial charge is 0.227 e. The number of amides is 1. The van der Waals surface area contributed by atoms with Gasteiger partial charge in [-0.05, 0) is 30.0 Å². The van der Waals surface area contributed by atoms with Gasteiger partial charge < -0.3 is 4.90 Å². The lowest BCUT2D eigenvalue weighted by Gasteiger charge is -2.16. The van der Waals surface area contributed by atoms with Gasteiger partial charge in [-0.25, -0.2) is 0 Å². The lowest BCUT2D eigenvalue weighted by Crippen LogP contribution is -2.30. The molecule has 1 aliphatic rings. The summed E-state index contributed by atoms with van der Waals surface area (Å²) in [4.78, 5) is 13.9. The van der Waals surface area contributed by atoms with E-state index in [1.54, 1.807) is 0 Å². The first-order valence-electron chi connectivity index (χ1n) is 5.77. The topological polar surface area (TPSA) is 20.3 Å². The summed E-state index contributed by atoms with van der Waals surface area (Å²) in [7, 11) is 0. The molecule has 0 N–H and O–H groups in total. The van der Waals surface area contributed by atoms with E-state index in [9.17, 15) is 4.79 Å². The Morgan fingerprint density at radius 2 is 2.29 bits per heavy atom. The van der Waals surface area contributed by atoms with Crippen molar-refractivity contribution in [3.05, 3.63) is 34.9 Å². The van der Waals surface area contributed by atoms with Crippen LogP contribution in [0.4, 0.5) is 0 Å². The van der Waals surface area contributed by atoms with E-state index in [2.05, 4.69) is 0 Å². The highest BCUT2D eigenvalue weighted by Crippen LogP contribution is 2.19. The summed E-state index contributed by atoms with van der Waals surface area (Å²) in [6, 6.07) is 7.46. The highest BCUT2D eigenvalue weighted by atomic mass is 35.5. The average Bonchev–Trinajstić information content (AvgIpc) is 2.77. The van der Waals surface area contributed by atoms with E-state index in [1.165, 1.54) is 0 Å². The van der Waals surface area contributed by atoms with Crippen molar-refractivity contribution in [3.8, 4) is 0 Å². The Kier molecular flexibility index (Phi) is 4.30. The van der Waals surface area contributed by atoms with Crippen LogP contribution in [-0.2, 0) is 11.2 Å². The first kappa shape index (κ1) is 12.7. The van der Waals surface area contributed by atoms with Crippen molar-refractivity contribution in [2.75, 3.05) is 19.0 Å². The molecular weight excluding hydrogens is 257 g/mol. The maximum atomic E-state index is 12.0. The molecule has 17 heavy (non-hydrogen) atoms. The molecule has 1 unspecified atom stereocenters. The molecule has 4 heteroatoms. The molecule has 0 aliphatic carbocycles. The van der Waals surface area contributed by atoms with Crippen LogP contribution in [0.25, 0.3) is 0 Å². The second-order valence-corrected chi connectivity index (χ2v) is 5.20. The van der Waals surface area contributed by atoms with Crippen LogP contribution < -0.4 is 0 Å². The van der Waals surface area contributed by atoms with E-state index >= 15 is 0 Å². The summed E-state index contributed by atoms with van der Waals surface area (Å²) in [6.45, 7) is 1.62. The second-order valence-electron chi connectivity index (χ2n) is 4.46. The standard InChI is InChI=1S/C13H15Cl2NO/c14-8-11-4-5-16(9-11)13(17)7-10-2-1-3-12(15)6-10/h1-3,6,11H,4-5,7-9H2. The van der Waals surface area contributed by atoms with Crippen LogP contribution in [0.5, 0.6) is 0 Å². The van der Waals surface area contributed by atoms with Crippen molar-refractivity contribution in [3.63, 3.8) is 0 Å². The molecule has 1 aliphatic heterocycles. The first-order chi connectivity index (χ1) is 8.19. The molecule has 0 saturated carbocycles. The zero-order valence-electron chi connectivity index (χ0n) is 9.53. The van der Waals surface area contributed by atoms with Gasteiger partial charge in [-0.15, -0.1) is 11.6 Å². The van der Waals surface area contributed by atoms with E-state index < -0.39 is 0 Å². The monoisotopic (exact) mass is 271 g/mol. The summed E-state index contributed by atoms with van der Waals surface area (Å²) in [5.74, 6) is 1.26. The van der Waals surface area contributed by atoms with Gasteiger partial charge in [-0.1, -0.05) is 23.7 Å². The van der Waals surface area contributed by atoms with Crippen molar-refractivity contribution < 1.29 is 4.79 Å². The maximum absolute atomic E-state index is 12.0. The highest BCUT2D eigenvalue weighted by Gasteiger charge is 2.25. The minimum Gasteiger partial charge on any atom is -0.342 e. The third-order valence-electron chi connectivity index (χ3n) is 3.10. The maximum Gasteiger partial charge on any atom is 0.227 e. The molecule has 2 nitrogen and oxygen atoms in total. The Balaban J connectivity index is 1.93. The zero-order chi connectivity index (χ0) is 12.3. The Bertz CT molecular complexity index is 408. The molecule has 1 amide bonds.